The maximum Gasteiger partial charge on any atom is 0.316 e. The lowest BCUT2D eigenvalue weighted by atomic mass is 10.1. The number of hydrogen-bond donors (Lipinski definition) is 3. The van der Waals surface area contributed by atoms with Crippen LogP contribution in [0.25, 0.3) is 0 Å². The number of anilines is 2. The Morgan fingerprint density at radius 1 is 1.29 bits per heavy atom. The van der Waals surface area contributed by atoms with Gasteiger partial charge in [-0.25, -0.2) is 0 Å². The van der Waals surface area contributed by atoms with Gasteiger partial charge in [0.15, 0.2) is 0 Å². The summed E-state index contributed by atoms with van der Waals surface area (Å²) in [5, 5.41) is 14.0. The molecule has 1 aromatic rings. The number of piperidine rings is 1. The average Bonchev–Trinajstić information content (AvgIpc) is 2.52. The van der Waals surface area contributed by atoms with Crippen LogP contribution >= 0.6 is 0 Å². The van der Waals surface area contributed by atoms with Gasteiger partial charge >= 0.3 is 5.69 Å². The van der Waals surface area contributed by atoms with E-state index in [4.69, 9.17) is 5.84 Å². The van der Waals surface area contributed by atoms with E-state index >= 15 is 0 Å². The van der Waals surface area contributed by atoms with Crippen LogP contribution in [0.2, 0.25) is 0 Å². The van der Waals surface area contributed by atoms with Crippen LogP contribution in [0.4, 0.5) is 17.1 Å². The van der Waals surface area contributed by atoms with Crippen molar-refractivity contribution in [2.75, 3.05) is 30.4 Å². The van der Waals surface area contributed by atoms with Gasteiger partial charge < -0.3 is 15.6 Å². The molecule has 1 aliphatic rings. The second-order valence-corrected chi connectivity index (χ2v) is 4.90. The second-order valence-electron chi connectivity index (χ2n) is 4.90. The normalized spacial score (nSPS) is 14.6. The zero-order chi connectivity index (χ0) is 15.2. The predicted octanol–water partition coefficient (Wildman–Crippen LogP) is 1.30. The molecule has 8 heteroatoms. The molecule has 0 saturated carbocycles. The number of nitrogens with one attached hydrogen (secondary N) is 2. The Labute approximate surface area is 122 Å². The van der Waals surface area contributed by atoms with Gasteiger partial charge in [0.2, 0.25) is 5.91 Å². The maximum absolute atomic E-state index is 12.1. The summed E-state index contributed by atoms with van der Waals surface area (Å²) in [5.74, 6) is 5.23. The van der Waals surface area contributed by atoms with Crippen molar-refractivity contribution in [2.45, 2.75) is 19.3 Å². The van der Waals surface area contributed by atoms with Crippen molar-refractivity contribution in [3.05, 3.63) is 28.3 Å². The van der Waals surface area contributed by atoms with Crippen LogP contribution in [-0.2, 0) is 4.79 Å². The summed E-state index contributed by atoms with van der Waals surface area (Å²) in [6.07, 6.45) is 3.17. The molecule has 0 bridgehead atoms. The van der Waals surface area contributed by atoms with Crippen molar-refractivity contribution in [1.29, 1.82) is 0 Å². The largest absolute Gasteiger partial charge is 0.370 e. The Morgan fingerprint density at radius 3 is 2.57 bits per heavy atom. The molecule has 114 valence electrons. The van der Waals surface area contributed by atoms with E-state index in [0.29, 0.717) is 0 Å². The van der Waals surface area contributed by atoms with E-state index in [1.807, 2.05) is 0 Å². The number of nitrogens with zero attached hydrogens (tertiary/aromatic N) is 2. The Morgan fingerprint density at radius 2 is 1.95 bits per heavy atom. The van der Waals surface area contributed by atoms with Crippen LogP contribution in [0.15, 0.2) is 18.2 Å². The molecule has 1 amide bonds. The monoisotopic (exact) mass is 293 g/mol. The fraction of sp³-hybridized carbons (Fsp3) is 0.462. The molecule has 4 N–H and O–H groups in total. The number of benzene rings is 1. The van der Waals surface area contributed by atoms with Crippen molar-refractivity contribution in [3.8, 4) is 0 Å². The number of para-hydroxylation sites is 1. The molecule has 2 rings (SSSR count). The summed E-state index contributed by atoms with van der Waals surface area (Å²) < 4.78 is 0. The summed E-state index contributed by atoms with van der Waals surface area (Å²) in [5.41, 5.74) is 2.61. The van der Waals surface area contributed by atoms with Crippen LogP contribution in [0, 0.1) is 10.1 Å². The summed E-state index contributed by atoms with van der Waals surface area (Å²) in [6.45, 7) is 1.55. The first kappa shape index (κ1) is 15.0. The Bertz CT molecular complexity index is 529. The van der Waals surface area contributed by atoms with Gasteiger partial charge in [0.05, 0.1) is 11.5 Å². The first-order valence-electron chi connectivity index (χ1n) is 6.89. The molecular weight excluding hydrogens is 274 g/mol. The molecule has 0 unspecified atom stereocenters. The first-order valence-corrected chi connectivity index (χ1v) is 6.89. The van der Waals surface area contributed by atoms with Gasteiger partial charge in [-0.05, 0) is 31.4 Å². The van der Waals surface area contributed by atoms with Crippen LogP contribution in [0.1, 0.15) is 19.3 Å². The maximum atomic E-state index is 12.1. The molecule has 1 fully saturated rings. The fourth-order valence-electron chi connectivity index (χ4n) is 2.43. The quantitative estimate of drug-likeness (QED) is 0.428. The van der Waals surface area contributed by atoms with Crippen LogP contribution in [0.5, 0.6) is 0 Å². The molecule has 0 aromatic heterocycles. The molecule has 21 heavy (non-hydrogen) atoms. The van der Waals surface area contributed by atoms with Crippen LogP contribution in [0.3, 0.4) is 0 Å². The summed E-state index contributed by atoms with van der Waals surface area (Å²) >= 11 is 0. The molecule has 0 aliphatic carbocycles. The number of nitro groups is 1. The van der Waals surface area contributed by atoms with E-state index in [0.717, 1.165) is 32.4 Å². The van der Waals surface area contributed by atoms with Crippen LogP contribution in [-0.4, -0.2) is 35.4 Å². The minimum atomic E-state index is -0.525. The summed E-state index contributed by atoms with van der Waals surface area (Å²) in [7, 11) is 0. The molecule has 1 saturated heterocycles. The highest BCUT2D eigenvalue weighted by atomic mass is 16.6. The third kappa shape index (κ3) is 3.60. The van der Waals surface area contributed by atoms with Crippen molar-refractivity contribution in [1.82, 2.24) is 4.90 Å². The van der Waals surface area contributed by atoms with Gasteiger partial charge in [-0.15, -0.1) is 0 Å². The lowest BCUT2D eigenvalue weighted by Gasteiger charge is -2.26. The van der Waals surface area contributed by atoms with E-state index in [1.54, 1.807) is 17.0 Å². The first-order chi connectivity index (χ1) is 10.1. The highest BCUT2D eigenvalue weighted by Gasteiger charge is 2.21. The lowest BCUT2D eigenvalue weighted by molar-refractivity contribution is -0.383. The number of likely N-dealkylation sites (tertiary alicyclic amines) is 1. The number of nitro benzene ring substituents is 1. The minimum absolute atomic E-state index is 0.0366. The van der Waals surface area contributed by atoms with E-state index in [1.165, 1.54) is 6.07 Å². The van der Waals surface area contributed by atoms with Crippen molar-refractivity contribution < 1.29 is 9.72 Å². The third-order valence-electron chi connectivity index (χ3n) is 3.51. The highest BCUT2D eigenvalue weighted by molar-refractivity contribution is 5.83. The van der Waals surface area contributed by atoms with Crippen molar-refractivity contribution in [2.24, 2.45) is 5.84 Å². The van der Waals surface area contributed by atoms with Gasteiger partial charge in [-0.2, -0.15) is 0 Å². The number of amides is 1. The van der Waals surface area contributed by atoms with Crippen molar-refractivity contribution in [3.63, 3.8) is 0 Å². The summed E-state index contributed by atoms with van der Waals surface area (Å²) in [6, 6.07) is 4.70. The molecular formula is C13H19N5O3. The molecule has 1 aromatic carbocycles. The van der Waals surface area contributed by atoms with Gasteiger partial charge in [-0.3, -0.25) is 20.8 Å². The van der Waals surface area contributed by atoms with E-state index in [-0.39, 0.29) is 29.5 Å². The number of carbonyl (C=O) groups excluding carboxylic acids is 1. The lowest BCUT2D eigenvalue weighted by Crippen LogP contribution is -2.39. The summed E-state index contributed by atoms with van der Waals surface area (Å²) in [4.78, 5) is 24.4. The number of hydrogen-bond acceptors (Lipinski definition) is 6. The van der Waals surface area contributed by atoms with Gasteiger partial charge in [0.25, 0.3) is 0 Å². The topological polar surface area (TPSA) is 114 Å². The molecule has 1 aliphatic heterocycles. The van der Waals surface area contributed by atoms with Gasteiger partial charge in [-0.1, -0.05) is 6.07 Å². The van der Waals surface area contributed by atoms with E-state index < -0.39 is 4.92 Å². The van der Waals surface area contributed by atoms with E-state index in [9.17, 15) is 14.9 Å². The molecule has 8 nitrogen and oxygen atoms in total. The Hall–Kier alpha value is -2.35. The number of rotatable bonds is 5. The molecule has 0 atom stereocenters. The standard InChI is InChI=1S/C13H19N5O3/c14-16-11-6-4-5-10(13(11)18(20)21)15-9-12(19)17-7-2-1-3-8-17/h4-6,15-16H,1-3,7-9,14H2. The van der Waals surface area contributed by atoms with E-state index in [2.05, 4.69) is 10.7 Å². The van der Waals surface area contributed by atoms with Crippen molar-refractivity contribution >= 4 is 23.0 Å². The Balaban J connectivity index is 2.05. The van der Waals surface area contributed by atoms with Gasteiger partial charge in [0, 0.05) is 13.1 Å². The predicted molar refractivity (Wildman–Crippen MR) is 79.8 cm³/mol. The number of carbonyl (C=O) groups is 1. The zero-order valence-corrected chi connectivity index (χ0v) is 11.7. The Kier molecular flexibility index (Phi) is 4.94. The van der Waals surface area contributed by atoms with Gasteiger partial charge in [0.1, 0.15) is 11.4 Å². The zero-order valence-electron chi connectivity index (χ0n) is 11.7. The molecule has 1 heterocycles. The fourth-order valence-corrected chi connectivity index (χ4v) is 2.43. The average molecular weight is 293 g/mol. The number of hydrazine groups is 1. The minimum Gasteiger partial charge on any atom is -0.370 e. The SMILES string of the molecule is NNc1cccc(NCC(=O)N2CCCCC2)c1[N+](=O)[O-]. The molecule has 0 radical (unpaired) electrons. The highest BCUT2D eigenvalue weighted by Crippen LogP contribution is 2.31. The second kappa shape index (κ2) is 6.89. The van der Waals surface area contributed by atoms with Crippen LogP contribution < -0.4 is 16.6 Å². The third-order valence-corrected chi connectivity index (χ3v) is 3.51. The smallest absolute Gasteiger partial charge is 0.316 e. The number of nitrogens with two attached hydrogens (primary N) is 1. The number of nitrogen functional groups attached to an aromatic ring is 1. The molecule has 0 spiro atoms.